The number of nitriles is 1. The standard InChI is InChI=1S/C22H29FN4O2/c1-27-8-6-18(7-9-27)29-19-5-3-14(20(23)12-19)10-17(13-24)26-22(28)21-15-2-4-16(11-15)25-21/h3,5,12,15-18,21,25H,2,4,6-11H2,1H3,(H,26,28)/t15?,16?,17-,21?/m0/s1. The maximum Gasteiger partial charge on any atom is 0.238 e. The molecule has 1 saturated carbocycles. The average Bonchev–Trinajstić information content (AvgIpc) is 3.34. The van der Waals surface area contributed by atoms with Gasteiger partial charge in [0.15, 0.2) is 0 Å². The summed E-state index contributed by atoms with van der Waals surface area (Å²) in [5, 5.41) is 15.6. The first-order valence-corrected chi connectivity index (χ1v) is 10.6. The van der Waals surface area contributed by atoms with Crippen LogP contribution in [0, 0.1) is 23.1 Å². The first-order valence-electron chi connectivity index (χ1n) is 10.6. The van der Waals surface area contributed by atoms with Gasteiger partial charge in [-0.3, -0.25) is 4.79 Å². The van der Waals surface area contributed by atoms with E-state index in [4.69, 9.17) is 4.74 Å². The number of carbonyl (C=O) groups excluding carboxylic acids is 1. The lowest BCUT2D eigenvalue weighted by Crippen LogP contribution is -2.50. The van der Waals surface area contributed by atoms with Crippen LogP contribution in [0.3, 0.4) is 0 Å². The van der Waals surface area contributed by atoms with E-state index in [9.17, 15) is 14.4 Å². The quantitative estimate of drug-likeness (QED) is 0.764. The van der Waals surface area contributed by atoms with E-state index in [1.165, 1.54) is 6.07 Å². The molecular formula is C22H29FN4O2. The van der Waals surface area contributed by atoms with Crippen LogP contribution in [0.5, 0.6) is 5.75 Å². The summed E-state index contributed by atoms with van der Waals surface area (Å²) in [6.45, 7) is 1.96. The van der Waals surface area contributed by atoms with E-state index < -0.39 is 11.9 Å². The largest absolute Gasteiger partial charge is 0.490 e. The van der Waals surface area contributed by atoms with Gasteiger partial charge >= 0.3 is 0 Å². The number of likely N-dealkylation sites (tertiary alicyclic amines) is 1. The number of nitrogens with zero attached hydrogens (tertiary/aromatic N) is 2. The predicted molar refractivity (Wildman–Crippen MR) is 107 cm³/mol. The molecule has 2 bridgehead atoms. The normalized spacial score (nSPS) is 28.1. The van der Waals surface area contributed by atoms with Gasteiger partial charge in [-0.2, -0.15) is 5.26 Å². The molecule has 7 heteroatoms. The Morgan fingerprint density at radius 1 is 1.38 bits per heavy atom. The monoisotopic (exact) mass is 400 g/mol. The summed E-state index contributed by atoms with van der Waals surface area (Å²) in [6, 6.07) is 6.35. The molecule has 1 aromatic carbocycles. The molecule has 2 N–H and O–H groups in total. The molecule has 3 fully saturated rings. The van der Waals surface area contributed by atoms with E-state index in [1.807, 2.05) is 0 Å². The lowest BCUT2D eigenvalue weighted by atomic mass is 9.98. The second kappa shape index (κ2) is 8.68. The predicted octanol–water partition coefficient (Wildman–Crippen LogP) is 1.99. The van der Waals surface area contributed by atoms with Gasteiger partial charge in [-0.1, -0.05) is 6.07 Å². The Bertz CT molecular complexity index is 788. The molecule has 3 unspecified atom stereocenters. The van der Waals surface area contributed by atoms with E-state index in [2.05, 4.69) is 28.7 Å². The molecule has 2 saturated heterocycles. The Hall–Kier alpha value is -2.17. The first kappa shape index (κ1) is 20.1. The molecular weight excluding hydrogens is 371 g/mol. The van der Waals surface area contributed by atoms with Gasteiger partial charge in [-0.15, -0.1) is 0 Å². The van der Waals surface area contributed by atoms with Crippen molar-refractivity contribution >= 4 is 5.91 Å². The van der Waals surface area contributed by atoms with Crippen LogP contribution in [0.25, 0.3) is 0 Å². The molecule has 4 rings (SSSR count). The maximum atomic E-state index is 14.6. The number of ether oxygens (including phenoxy) is 1. The minimum Gasteiger partial charge on any atom is -0.490 e. The van der Waals surface area contributed by atoms with Gasteiger partial charge in [0.25, 0.3) is 0 Å². The minimum absolute atomic E-state index is 0.108. The number of fused-ring (bicyclic) bond motifs is 2. The summed E-state index contributed by atoms with van der Waals surface area (Å²) >= 11 is 0. The zero-order valence-corrected chi connectivity index (χ0v) is 16.9. The third-order valence-electron chi connectivity index (χ3n) is 6.53. The molecule has 2 heterocycles. The highest BCUT2D eigenvalue weighted by molar-refractivity contribution is 5.83. The number of hydrogen-bond donors (Lipinski definition) is 2. The van der Waals surface area contributed by atoms with Gasteiger partial charge in [0.1, 0.15) is 23.7 Å². The van der Waals surface area contributed by atoms with Crippen LogP contribution in [-0.2, 0) is 11.2 Å². The van der Waals surface area contributed by atoms with E-state index in [0.717, 1.165) is 45.2 Å². The fourth-order valence-corrected chi connectivity index (χ4v) is 4.82. The maximum absolute atomic E-state index is 14.6. The van der Waals surface area contributed by atoms with E-state index in [-0.39, 0.29) is 24.5 Å². The molecule has 0 spiro atoms. The number of benzene rings is 1. The van der Waals surface area contributed by atoms with Gasteiger partial charge in [-0.25, -0.2) is 4.39 Å². The van der Waals surface area contributed by atoms with Crippen molar-refractivity contribution in [3.63, 3.8) is 0 Å². The highest BCUT2D eigenvalue weighted by Gasteiger charge is 2.43. The van der Waals surface area contributed by atoms with Crippen molar-refractivity contribution in [2.45, 2.75) is 62.8 Å². The number of amides is 1. The van der Waals surface area contributed by atoms with Crippen LogP contribution in [0.15, 0.2) is 18.2 Å². The fourth-order valence-electron chi connectivity index (χ4n) is 4.82. The van der Waals surface area contributed by atoms with E-state index >= 15 is 0 Å². The molecule has 0 aromatic heterocycles. The number of hydrogen-bond acceptors (Lipinski definition) is 5. The third-order valence-corrected chi connectivity index (χ3v) is 6.53. The topological polar surface area (TPSA) is 77.4 Å². The van der Waals surface area contributed by atoms with Gasteiger partial charge in [0.05, 0.1) is 12.1 Å². The van der Waals surface area contributed by atoms with Crippen LogP contribution in [0.4, 0.5) is 4.39 Å². The summed E-state index contributed by atoms with van der Waals surface area (Å²) in [4.78, 5) is 14.8. The Balaban J connectivity index is 1.32. The van der Waals surface area contributed by atoms with Crippen molar-refractivity contribution in [2.75, 3.05) is 20.1 Å². The highest BCUT2D eigenvalue weighted by Crippen LogP contribution is 2.35. The lowest BCUT2D eigenvalue weighted by Gasteiger charge is -2.29. The molecule has 4 atom stereocenters. The number of rotatable bonds is 6. The second-order valence-corrected chi connectivity index (χ2v) is 8.68. The van der Waals surface area contributed by atoms with Crippen molar-refractivity contribution < 1.29 is 13.9 Å². The molecule has 6 nitrogen and oxygen atoms in total. The lowest BCUT2D eigenvalue weighted by molar-refractivity contribution is -0.124. The number of piperidine rings is 2. The fraction of sp³-hybridized carbons (Fsp3) is 0.636. The van der Waals surface area contributed by atoms with Crippen LogP contribution in [-0.4, -0.2) is 55.2 Å². The Morgan fingerprint density at radius 3 is 2.79 bits per heavy atom. The number of carbonyl (C=O) groups is 1. The second-order valence-electron chi connectivity index (χ2n) is 8.68. The smallest absolute Gasteiger partial charge is 0.238 e. The van der Waals surface area contributed by atoms with E-state index in [1.54, 1.807) is 12.1 Å². The Kier molecular flexibility index (Phi) is 6.02. The Labute approximate surface area is 171 Å². The SMILES string of the molecule is CN1CCC(Oc2ccc(C[C@@H](C#N)NC(=O)C3NC4CCC3C4)c(F)c2)CC1. The summed E-state index contributed by atoms with van der Waals surface area (Å²) in [5.74, 6) is 0.325. The summed E-state index contributed by atoms with van der Waals surface area (Å²) in [7, 11) is 2.09. The summed E-state index contributed by atoms with van der Waals surface area (Å²) < 4.78 is 20.5. The molecule has 0 radical (unpaired) electrons. The van der Waals surface area contributed by atoms with Crippen molar-refractivity contribution in [3.8, 4) is 11.8 Å². The van der Waals surface area contributed by atoms with Crippen molar-refractivity contribution in [1.82, 2.24) is 15.5 Å². The van der Waals surface area contributed by atoms with Crippen LogP contribution < -0.4 is 15.4 Å². The van der Waals surface area contributed by atoms with Crippen LogP contribution >= 0.6 is 0 Å². The molecule has 29 heavy (non-hydrogen) atoms. The molecule has 156 valence electrons. The molecule has 3 aliphatic rings. The molecule has 1 aromatic rings. The van der Waals surface area contributed by atoms with Crippen molar-refractivity contribution in [2.24, 2.45) is 5.92 Å². The number of nitrogens with one attached hydrogen (secondary N) is 2. The first-order chi connectivity index (χ1) is 14.0. The average molecular weight is 400 g/mol. The zero-order valence-electron chi connectivity index (χ0n) is 16.9. The third kappa shape index (κ3) is 4.71. The summed E-state index contributed by atoms with van der Waals surface area (Å²) in [6.07, 6.45) is 5.32. The van der Waals surface area contributed by atoms with Gasteiger partial charge in [0.2, 0.25) is 5.91 Å². The summed E-state index contributed by atoms with van der Waals surface area (Å²) in [5.41, 5.74) is 0.411. The Morgan fingerprint density at radius 2 is 2.17 bits per heavy atom. The molecule has 2 aliphatic heterocycles. The van der Waals surface area contributed by atoms with Crippen LogP contribution in [0.1, 0.15) is 37.7 Å². The van der Waals surface area contributed by atoms with E-state index in [0.29, 0.717) is 23.3 Å². The zero-order chi connectivity index (χ0) is 20.4. The van der Waals surface area contributed by atoms with Gasteiger partial charge in [-0.05, 0) is 56.7 Å². The highest BCUT2D eigenvalue weighted by atomic mass is 19.1. The van der Waals surface area contributed by atoms with Crippen LogP contribution in [0.2, 0.25) is 0 Å². The number of halogens is 1. The van der Waals surface area contributed by atoms with Gasteiger partial charge in [0, 0.05) is 31.6 Å². The molecule has 1 amide bonds. The molecule has 1 aliphatic carbocycles. The van der Waals surface area contributed by atoms with Crippen molar-refractivity contribution in [3.05, 3.63) is 29.6 Å². The van der Waals surface area contributed by atoms with Gasteiger partial charge < -0.3 is 20.3 Å². The van der Waals surface area contributed by atoms with Crippen molar-refractivity contribution in [1.29, 1.82) is 5.26 Å². The minimum atomic E-state index is -0.751.